The predicted molar refractivity (Wildman–Crippen MR) is 82.5 cm³/mol. The summed E-state index contributed by atoms with van der Waals surface area (Å²) < 4.78 is 0. The number of hydrogen-bond acceptors (Lipinski definition) is 4. The molecule has 5 heteroatoms. The summed E-state index contributed by atoms with van der Waals surface area (Å²) in [5.74, 6) is 5.97. The van der Waals surface area contributed by atoms with Crippen molar-refractivity contribution in [2.45, 2.75) is 19.3 Å². The second-order valence-electron chi connectivity index (χ2n) is 4.46. The van der Waals surface area contributed by atoms with Gasteiger partial charge in [0.25, 0.3) is 0 Å². The minimum atomic E-state index is -0.159. The first-order valence-electron chi connectivity index (χ1n) is 6.75. The zero-order valence-corrected chi connectivity index (χ0v) is 11.9. The van der Waals surface area contributed by atoms with Crippen LogP contribution < -0.4 is 5.32 Å². The van der Waals surface area contributed by atoms with Crippen LogP contribution in [0.3, 0.4) is 0 Å². The van der Waals surface area contributed by atoms with E-state index in [0.717, 1.165) is 5.56 Å². The Balaban J connectivity index is 1.87. The van der Waals surface area contributed by atoms with Crippen LogP contribution >= 0.6 is 0 Å². The molecule has 2 aromatic rings. The van der Waals surface area contributed by atoms with Crippen molar-refractivity contribution < 1.29 is 4.79 Å². The lowest BCUT2D eigenvalue weighted by atomic mass is 10.2. The van der Waals surface area contributed by atoms with E-state index in [1.165, 1.54) is 0 Å². The first kappa shape index (κ1) is 15.2. The highest BCUT2D eigenvalue weighted by Gasteiger charge is 2.05. The van der Waals surface area contributed by atoms with E-state index in [4.69, 9.17) is 5.26 Å². The summed E-state index contributed by atoms with van der Waals surface area (Å²) in [6.07, 6.45) is 4.30. The van der Waals surface area contributed by atoms with E-state index in [9.17, 15) is 4.79 Å². The second-order valence-corrected chi connectivity index (χ2v) is 4.46. The molecular weight excluding hydrogens is 276 g/mol. The van der Waals surface area contributed by atoms with Crippen molar-refractivity contribution in [1.82, 2.24) is 9.97 Å². The van der Waals surface area contributed by atoms with Crippen LogP contribution in [-0.4, -0.2) is 15.9 Å². The van der Waals surface area contributed by atoms with E-state index in [-0.39, 0.29) is 18.7 Å². The molecule has 0 aliphatic heterocycles. The molecule has 1 amide bonds. The predicted octanol–water partition coefficient (Wildman–Crippen LogP) is 2.12. The molecule has 0 fully saturated rings. The molecule has 0 unspecified atom stereocenters. The molecule has 0 saturated heterocycles. The largest absolute Gasteiger partial charge is 0.310 e. The molecule has 2 aromatic heterocycles. The van der Waals surface area contributed by atoms with Crippen LogP contribution in [0.25, 0.3) is 0 Å². The van der Waals surface area contributed by atoms with Crippen molar-refractivity contribution in [3.8, 4) is 17.9 Å². The van der Waals surface area contributed by atoms with Gasteiger partial charge in [-0.1, -0.05) is 24.0 Å². The van der Waals surface area contributed by atoms with E-state index >= 15 is 0 Å². The number of anilines is 1. The zero-order chi connectivity index (χ0) is 15.6. The Morgan fingerprint density at radius 3 is 2.77 bits per heavy atom. The normalized spacial score (nSPS) is 9.23. The lowest BCUT2D eigenvalue weighted by Gasteiger charge is -2.04. The molecule has 108 valence electrons. The van der Waals surface area contributed by atoms with Crippen molar-refractivity contribution >= 4 is 11.7 Å². The van der Waals surface area contributed by atoms with Crippen molar-refractivity contribution in [2.75, 3.05) is 5.32 Å². The molecule has 22 heavy (non-hydrogen) atoms. The summed E-state index contributed by atoms with van der Waals surface area (Å²) in [6.45, 7) is 0. The van der Waals surface area contributed by atoms with E-state index in [0.29, 0.717) is 17.9 Å². The molecule has 0 radical (unpaired) electrons. The van der Waals surface area contributed by atoms with Gasteiger partial charge in [0.15, 0.2) is 0 Å². The molecule has 0 atom stereocenters. The Hall–Kier alpha value is -3.18. The molecule has 2 heterocycles. The van der Waals surface area contributed by atoms with Crippen molar-refractivity contribution in [1.29, 1.82) is 5.26 Å². The third kappa shape index (κ3) is 5.07. The van der Waals surface area contributed by atoms with E-state index in [1.807, 2.05) is 18.2 Å². The van der Waals surface area contributed by atoms with Crippen molar-refractivity contribution in [3.05, 3.63) is 54.0 Å². The highest BCUT2D eigenvalue weighted by atomic mass is 16.1. The fraction of sp³-hybridized carbons (Fsp3) is 0.176. The number of hydrogen-bond donors (Lipinski definition) is 1. The average molecular weight is 290 g/mol. The molecule has 0 spiro atoms. The molecule has 0 aliphatic rings. The highest BCUT2D eigenvalue weighted by molar-refractivity contribution is 5.91. The van der Waals surface area contributed by atoms with Gasteiger partial charge in [0.2, 0.25) is 5.91 Å². The minimum Gasteiger partial charge on any atom is -0.310 e. The van der Waals surface area contributed by atoms with Gasteiger partial charge in [0, 0.05) is 24.5 Å². The number of carbonyl (C=O) groups excluding carboxylic acids is 1. The van der Waals surface area contributed by atoms with Gasteiger partial charge in [-0.3, -0.25) is 9.78 Å². The number of nitriles is 1. The fourth-order valence-electron chi connectivity index (χ4n) is 1.72. The quantitative estimate of drug-likeness (QED) is 0.875. The Bertz CT molecular complexity index is 721. The number of amides is 1. The monoisotopic (exact) mass is 290 g/mol. The molecule has 0 saturated carbocycles. The number of nitrogens with one attached hydrogen (secondary N) is 1. The first-order valence-corrected chi connectivity index (χ1v) is 6.75. The van der Waals surface area contributed by atoms with Gasteiger partial charge >= 0.3 is 0 Å². The van der Waals surface area contributed by atoms with Gasteiger partial charge < -0.3 is 5.32 Å². The molecule has 1 N–H and O–H groups in total. The first-order chi connectivity index (χ1) is 10.8. The summed E-state index contributed by atoms with van der Waals surface area (Å²) in [5.41, 5.74) is 1.65. The molecule has 0 bridgehead atoms. The Labute approximate surface area is 129 Å². The fourth-order valence-corrected chi connectivity index (χ4v) is 1.72. The average Bonchev–Trinajstić information content (AvgIpc) is 2.54. The number of nitrogens with zero attached hydrogens (tertiary/aromatic N) is 3. The van der Waals surface area contributed by atoms with Gasteiger partial charge in [-0.15, -0.1) is 0 Å². The van der Waals surface area contributed by atoms with Gasteiger partial charge in [-0.05, 0) is 23.8 Å². The lowest BCUT2D eigenvalue weighted by Crippen LogP contribution is -2.15. The van der Waals surface area contributed by atoms with Gasteiger partial charge in [-0.2, -0.15) is 5.26 Å². The van der Waals surface area contributed by atoms with Crippen LogP contribution in [0, 0.1) is 23.2 Å². The molecule has 2 rings (SSSR count). The molecule has 0 aromatic carbocycles. The van der Waals surface area contributed by atoms with Crippen LogP contribution in [-0.2, 0) is 17.6 Å². The molecule has 0 aliphatic carbocycles. The molecular formula is C17H14N4O. The summed E-state index contributed by atoms with van der Waals surface area (Å²) in [5, 5.41) is 11.1. The van der Waals surface area contributed by atoms with Crippen molar-refractivity contribution in [3.63, 3.8) is 0 Å². The zero-order valence-electron chi connectivity index (χ0n) is 11.9. The lowest BCUT2D eigenvalue weighted by molar-refractivity contribution is -0.115. The maximum absolute atomic E-state index is 11.9. The van der Waals surface area contributed by atoms with Crippen molar-refractivity contribution in [2.24, 2.45) is 0 Å². The summed E-state index contributed by atoms with van der Waals surface area (Å²) in [6, 6.07) is 11.0. The van der Waals surface area contributed by atoms with Gasteiger partial charge in [0.05, 0.1) is 18.9 Å². The number of pyridine rings is 2. The number of rotatable bonds is 4. The topological polar surface area (TPSA) is 78.7 Å². The number of carbonyl (C=O) groups is 1. The van der Waals surface area contributed by atoms with E-state index < -0.39 is 0 Å². The third-order valence-corrected chi connectivity index (χ3v) is 2.75. The maximum atomic E-state index is 11.9. The summed E-state index contributed by atoms with van der Waals surface area (Å²) >= 11 is 0. The molecule has 5 nitrogen and oxygen atoms in total. The standard InChI is InChI=1S/C17H14N4O/c18-10-4-1-2-6-14-8-9-16(20-13-14)21-17(22)12-15-7-3-5-11-19-15/h3,5,7-9,11,13H,4,6,12H2,(H,20,21,22). The Kier molecular flexibility index (Phi) is 5.66. The highest BCUT2D eigenvalue weighted by Crippen LogP contribution is 2.06. The van der Waals surface area contributed by atoms with E-state index in [1.54, 1.807) is 30.6 Å². The minimum absolute atomic E-state index is 0.159. The van der Waals surface area contributed by atoms with Gasteiger partial charge in [-0.25, -0.2) is 4.98 Å². The van der Waals surface area contributed by atoms with Crippen LogP contribution in [0.15, 0.2) is 42.7 Å². The SMILES string of the molecule is N#CCC#CCc1ccc(NC(=O)Cc2ccccn2)nc1. The smallest absolute Gasteiger partial charge is 0.231 e. The third-order valence-electron chi connectivity index (χ3n) is 2.75. The van der Waals surface area contributed by atoms with Crippen LogP contribution in [0.5, 0.6) is 0 Å². The second kappa shape index (κ2) is 8.18. The van der Waals surface area contributed by atoms with Crippen LogP contribution in [0.4, 0.5) is 5.82 Å². The summed E-state index contributed by atoms with van der Waals surface area (Å²) in [7, 11) is 0. The van der Waals surface area contributed by atoms with E-state index in [2.05, 4.69) is 27.1 Å². The van der Waals surface area contributed by atoms with Crippen LogP contribution in [0.2, 0.25) is 0 Å². The number of aromatic nitrogens is 2. The Morgan fingerprint density at radius 2 is 2.09 bits per heavy atom. The Morgan fingerprint density at radius 1 is 1.18 bits per heavy atom. The van der Waals surface area contributed by atoms with Gasteiger partial charge in [0.1, 0.15) is 5.82 Å². The summed E-state index contributed by atoms with van der Waals surface area (Å²) in [4.78, 5) is 20.1. The maximum Gasteiger partial charge on any atom is 0.231 e. The van der Waals surface area contributed by atoms with Crippen LogP contribution in [0.1, 0.15) is 17.7 Å².